The van der Waals surface area contributed by atoms with Crippen LogP contribution >= 0.6 is 11.3 Å². The van der Waals surface area contributed by atoms with Gasteiger partial charge in [0.2, 0.25) is 5.91 Å². The molecule has 24 heavy (non-hydrogen) atoms. The van der Waals surface area contributed by atoms with Crippen LogP contribution in [0, 0.1) is 0 Å². The number of benzene rings is 1. The van der Waals surface area contributed by atoms with Gasteiger partial charge in [0.05, 0.1) is 5.75 Å². The van der Waals surface area contributed by atoms with E-state index in [1.165, 1.54) is 30.6 Å². The predicted octanol–water partition coefficient (Wildman–Crippen LogP) is 2.90. The van der Waals surface area contributed by atoms with Crippen molar-refractivity contribution in [3.05, 3.63) is 35.3 Å². The van der Waals surface area contributed by atoms with Crippen LogP contribution in [0.2, 0.25) is 0 Å². The molecule has 5 nitrogen and oxygen atoms in total. The number of nitrogens with zero attached hydrogens (tertiary/aromatic N) is 2. The molecule has 1 amide bonds. The third kappa shape index (κ3) is 4.95. The molecule has 0 spiro atoms. The van der Waals surface area contributed by atoms with E-state index in [4.69, 9.17) is 0 Å². The van der Waals surface area contributed by atoms with Crippen molar-refractivity contribution in [2.24, 2.45) is 0 Å². The molecule has 0 bridgehead atoms. The maximum atomic E-state index is 12.2. The average Bonchev–Trinajstić information content (AvgIpc) is 3.04. The van der Waals surface area contributed by atoms with E-state index in [9.17, 15) is 9.00 Å². The molecule has 7 heteroatoms. The Morgan fingerprint density at radius 2 is 1.92 bits per heavy atom. The fourth-order valence-corrected chi connectivity index (χ4v) is 4.94. The Kier molecular flexibility index (Phi) is 6.09. The minimum Gasteiger partial charge on any atom is -0.353 e. The van der Waals surface area contributed by atoms with Crippen LogP contribution in [0.1, 0.15) is 37.1 Å². The summed E-state index contributed by atoms with van der Waals surface area (Å²) < 4.78 is 12.2. The lowest BCUT2D eigenvalue weighted by molar-refractivity contribution is -0.119. The molecule has 3 rings (SSSR count). The molecule has 1 atom stereocenters. The van der Waals surface area contributed by atoms with Crippen molar-refractivity contribution < 1.29 is 9.00 Å². The summed E-state index contributed by atoms with van der Waals surface area (Å²) in [5.74, 6) is 0.201. The Hall–Kier alpha value is -1.60. The van der Waals surface area contributed by atoms with E-state index in [-0.39, 0.29) is 23.5 Å². The molecule has 1 aliphatic carbocycles. The van der Waals surface area contributed by atoms with Gasteiger partial charge in [-0.1, -0.05) is 60.9 Å². The smallest absolute Gasteiger partial charge is 0.232 e. The fraction of sp³-hybridized carbons (Fsp3) is 0.471. The average molecular weight is 364 g/mol. The molecule has 1 N–H and O–H groups in total. The second kappa shape index (κ2) is 8.48. The SMILES string of the molecule is O=C(CS(=O)Cc1nnc(-c2ccccc2)s1)NC1CCCCC1. The highest BCUT2D eigenvalue weighted by Gasteiger charge is 2.18. The van der Waals surface area contributed by atoms with E-state index in [1.54, 1.807) is 0 Å². The zero-order valence-corrected chi connectivity index (χ0v) is 15.1. The molecule has 1 saturated carbocycles. The third-order valence-electron chi connectivity index (χ3n) is 4.03. The van der Waals surface area contributed by atoms with Crippen molar-refractivity contribution in [2.75, 3.05) is 5.75 Å². The molecule has 1 aromatic heterocycles. The number of nitrogens with one attached hydrogen (secondary N) is 1. The molecule has 1 aliphatic rings. The van der Waals surface area contributed by atoms with E-state index in [0.29, 0.717) is 5.01 Å². The maximum absolute atomic E-state index is 12.2. The molecule has 1 heterocycles. The molecule has 0 aliphatic heterocycles. The lowest BCUT2D eigenvalue weighted by atomic mass is 9.95. The Bertz CT molecular complexity index is 697. The standard InChI is InChI=1S/C17H21N3O2S2/c21-15(18-14-9-5-2-6-10-14)11-24(22)12-16-19-20-17(23-16)13-7-3-1-4-8-13/h1,3-4,7-8,14H,2,5-6,9-12H2,(H,18,21). The second-order valence-corrected chi connectivity index (χ2v) is 8.52. The molecular formula is C17H21N3O2S2. The largest absolute Gasteiger partial charge is 0.353 e. The van der Waals surface area contributed by atoms with Crippen molar-refractivity contribution in [2.45, 2.75) is 43.9 Å². The minimum absolute atomic E-state index is 0.0384. The van der Waals surface area contributed by atoms with E-state index in [1.807, 2.05) is 30.3 Å². The summed E-state index contributed by atoms with van der Waals surface area (Å²) in [4.78, 5) is 12.0. The lowest BCUT2D eigenvalue weighted by Crippen LogP contribution is -2.38. The topological polar surface area (TPSA) is 72.0 Å². The summed E-state index contributed by atoms with van der Waals surface area (Å²) in [6.45, 7) is 0. The first-order valence-electron chi connectivity index (χ1n) is 8.23. The summed E-state index contributed by atoms with van der Waals surface area (Å²) in [5.41, 5.74) is 1.00. The zero-order valence-electron chi connectivity index (χ0n) is 13.4. The lowest BCUT2D eigenvalue weighted by Gasteiger charge is -2.22. The van der Waals surface area contributed by atoms with Gasteiger partial charge in [0.1, 0.15) is 15.8 Å². The molecule has 128 valence electrons. The predicted molar refractivity (Wildman–Crippen MR) is 97.1 cm³/mol. The molecule has 2 aromatic rings. The van der Waals surface area contributed by atoms with E-state index in [0.717, 1.165) is 23.4 Å². The van der Waals surface area contributed by atoms with Gasteiger partial charge in [0.25, 0.3) is 0 Å². The van der Waals surface area contributed by atoms with Crippen LogP contribution in [0.15, 0.2) is 30.3 Å². The number of aromatic nitrogens is 2. The molecule has 0 saturated heterocycles. The Balaban J connectivity index is 1.50. The van der Waals surface area contributed by atoms with Crippen molar-refractivity contribution in [1.82, 2.24) is 15.5 Å². The normalized spacial score (nSPS) is 16.7. The second-order valence-electron chi connectivity index (χ2n) is 6.00. The zero-order chi connectivity index (χ0) is 16.8. The number of hydrogen-bond acceptors (Lipinski definition) is 5. The maximum Gasteiger partial charge on any atom is 0.232 e. The highest BCUT2D eigenvalue weighted by molar-refractivity contribution is 7.85. The summed E-state index contributed by atoms with van der Waals surface area (Å²) in [6.07, 6.45) is 5.66. The van der Waals surface area contributed by atoms with Gasteiger partial charge in [-0.05, 0) is 12.8 Å². The van der Waals surface area contributed by atoms with Gasteiger partial charge >= 0.3 is 0 Å². The van der Waals surface area contributed by atoms with Gasteiger partial charge in [-0.15, -0.1) is 10.2 Å². The van der Waals surface area contributed by atoms with E-state index >= 15 is 0 Å². The summed E-state index contributed by atoms with van der Waals surface area (Å²) in [6, 6.07) is 10.0. The molecular weight excluding hydrogens is 342 g/mol. The summed E-state index contributed by atoms with van der Waals surface area (Å²) >= 11 is 1.43. The number of carbonyl (C=O) groups excluding carboxylic acids is 1. The van der Waals surface area contributed by atoms with Crippen LogP contribution in [0.4, 0.5) is 0 Å². The van der Waals surface area contributed by atoms with Gasteiger partial charge < -0.3 is 5.32 Å². The first-order chi connectivity index (χ1) is 11.7. The van der Waals surface area contributed by atoms with Crippen LogP contribution in [-0.4, -0.2) is 32.1 Å². The van der Waals surface area contributed by atoms with E-state index in [2.05, 4.69) is 15.5 Å². The summed E-state index contributed by atoms with van der Waals surface area (Å²) in [7, 11) is -1.25. The van der Waals surface area contributed by atoms with Gasteiger partial charge in [0.15, 0.2) is 0 Å². The quantitative estimate of drug-likeness (QED) is 0.856. The van der Waals surface area contributed by atoms with Crippen LogP contribution in [0.5, 0.6) is 0 Å². The number of rotatable bonds is 6. The summed E-state index contributed by atoms with van der Waals surface area (Å²) in [5, 5.41) is 12.8. The fourth-order valence-electron chi connectivity index (χ4n) is 2.86. The monoisotopic (exact) mass is 363 g/mol. The minimum atomic E-state index is -1.25. The van der Waals surface area contributed by atoms with Gasteiger partial charge in [0, 0.05) is 22.4 Å². The van der Waals surface area contributed by atoms with Crippen LogP contribution < -0.4 is 5.32 Å². The molecule has 1 aromatic carbocycles. The highest BCUT2D eigenvalue weighted by Crippen LogP contribution is 2.23. The Morgan fingerprint density at radius 1 is 1.17 bits per heavy atom. The number of amides is 1. The van der Waals surface area contributed by atoms with Crippen LogP contribution in [0.3, 0.4) is 0 Å². The van der Waals surface area contributed by atoms with Gasteiger partial charge in [-0.3, -0.25) is 9.00 Å². The molecule has 1 unspecified atom stereocenters. The Labute approximate surface area is 148 Å². The van der Waals surface area contributed by atoms with Crippen molar-refractivity contribution in [1.29, 1.82) is 0 Å². The van der Waals surface area contributed by atoms with Crippen molar-refractivity contribution >= 4 is 28.0 Å². The van der Waals surface area contributed by atoms with E-state index < -0.39 is 10.8 Å². The Morgan fingerprint density at radius 3 is 2.67 bits per heavy atom. The van der Waals surface area contributed by atoms with Gasteiger partial charge in [-0.2, -0.15) is 0 Å². The first-order valence-corrected chi connectivity index (χ1v) is 10.5. The van der Waals surface area contributed by atoms with Crippen LogP contribution in [-0.2, 0) is 21.3 Å². The van der Waals surface area contributed by atoms with Crippen LogP contribution in [0.25, 0.3) is 10.6 Å². The third-order valence-corrected chi connectivity index (χ3v) is 6.37. The molecule has 1 fully saturated rings. The van der Waals surface area contributed by atoms with Crippen molar-refractivity contribution in [3.63, 3.8) is 0 Å². The number of carbonyl (C=O) groups is 1. The van der Waals surface area contributed by atoms with Crippen molar-refractivity contribution in [3.8, 4) is 10.6 Å². The molecule has 0 radical (unpaired) electrons. The number of hydrogen-bond donors (Lipinski definition) is 1. The highest BCUT2D eigenvalue weighted by atomic mass is 32.2. The van der Waals surface area contributed by atoms with Gasteiger partial charge in [-0.25, -0.2) is 0 Å². The first kappa shape index (κ1) is 17.2.